The summed E-state index contributed by atoms with van der Waals surface area (Å²) >= 11 is 12.3. The van der Waals surface area contributed by atoms with Crippen molar-refractivity contribution < 1.29 is 9.53 Å². The molecule has 0 radical (unpaired) electrons. The van der Waals surface area contributed by atoms with E-state index in [4.69, 9.17) is 27.9 Å². The van der Waals surface area contributed by atoms with Crippen LogP contribution in [0.1, 0.15) is 46.9 Å². The van der Waals surface area contributed by atoms with Gasteiger partial charge < -0.3 is 10.1 Å². The van der Waals surface area contributed by atoms with Crippen LogP contribution in [-0.2, 0) is 6.42 Å². The average molecular weight is 438 g/mol. The molecule has 1 atom stereocenters. The van der Waals surface area contributed by atoms with E-state index in [0.29, 0.717) is 27.4 Å². The van der Waals surface area contributed by atoms with Gasteiger partial charge >= 0.3 is 0 Å². The fourth-order valence-corrected chi connectivity index (χ4v) is 4.38. The molecule has 3 nitrogen and oxygen atoms in total. The number of hydrogen-bond acceptors (Lipinski definition) is 2. The zero-order chi connectivity index (χ0) is 20.7. The Kier molecular flexibility index (Phi) is 5.18. The van der Waals surface area contributed by atoms with Gasteiger partial charge in [0, 0.05) is 16.6 Å². The van der Waals surface area contributed by atoms with Crippen molar-refractivity contribution in [3.8, 4) is 16.9 Å². The van der Waals surface area contributed by atoms with Crippen LogP contribution in [0.3, 0.4) is 0 Å². The average Bonchev–Trinajstić information content (AvgIpc) is 3.48. The van der Waals surface area contributed by atoms with E-state index in [1.54, 1.807) is 12.1 Å². The van der Waals surface area contributed by atoms with Gasteiger partial charge in [-0.3, -0.25) is 4.79 Å². The number of carbonyl (C=O) groups is 1. The molecule has 0 heterocycles. The van der Waals surface area contributed by atoms with Crippen molar-refractivity contribution in [2.24, 2.45) is 0 Å². The van der Waals surface area contributed by atoms with Crippen molar-refractivity contribution in [3.63, 3.8) is 0 Å². The summed E-state index contributed by atoms with van der Waals surface area (Å²) in [5.74, 6) is 0.641. The standard InChI is InChI=1S/C25H21Cl2NO2/c26-19-7-11-24(22(27)14-19)30-23-10-6-15-4-5-17(13-21(15)23)16-2-1-3-18(12-16)25(29)28-20-8-9-20/h1-5,7,11-14,20,23H,6,8-10H2,(H,28,29). The zero-order valence-electron chi connectivity index (χ0n) is 16.3. The molecular weight excluding hydrogens is 417 g/mol. The molecule has 1 amide bonds. The maximum absolute atomic E-state index is 12.4. The first-order chi connectivity index (χ1) is 14.6. The van der Waals surface area contributed by atoms with Crippen molar-refractivity contribution in [2.75, 3.05) is 0 Å². The number of hydrogen-bond donors (Lipinski definition) is 1. The highest BCUT2D eigenvalue weighted by molar-refractivity contribution is 6.35. The first-order valence-electron chi connectivity index (χ1n) is 10.2. The normalized spacial score (nSPS) is 17.5. The van der Waals surface area contributed by atoms with Gasteiger partial charge in [-0.25, -0.2) is 0 Å². The molecule has 152 valence electrons. The molecule has 1 fully saturated rings. The van der Waals surface area contributed by atoms with E-state index in [0.717, 1.165) is 36.8 Å². The molecule has 3 aromatic carbocycles. The largest absolute Gasteiger partial charge is 0.484 e. The molecule has 30 heavy (non-hydrogen) atoms. The van der Waals surface area contributed by atoms with Gasteiger partial charge in [0.25, 0.3) is 5.91 Å². The Morgan fingerprint density at radius 3 is 2.57 bits per heavy atom. The summed E-state index contributed by atoms with van der Waals surface area (Å²) in [7, 11) is 0. The molecule has 3 aromatic rings. The molecule has 1 saturated carbocycles. The molecule has 1 N–H and O–H groups in total. The SMILES string of the molecule is O=C(NC1CC1)c1cccc(-c2ccc3c(c2)C(Oc2ccc(Cl)cc2Cl)CC3)c1. The van der Waals surface area contributed by atoms with Crippen LogP contribution in [0.25, 0.3) is 11.1 Å². The third-order valence-corrected chi connectivity index (χ3v) is 6.23. The molecule has 0 saturated heterocycles. The summed E-state index contributed by atoms with van der Waals surface area (Å²) in [6, 6.07) is 19.9. The number of amides is 1. The summed E-state index contributed by atoms with van der Waals surface area (Å²) in [6.45, 7) is 0. The minimum absolute atomic E-state index is 0.000833. The van der Waals surface area contributed by atoms with E-state index in [1.165, 1.54) is 11.1 Å². The first kappa shape index (κ1) is 19.5. The predicted octanol–water partition coefficient (Wildman–Crippen LogP) is 6.62. The van der Waals surface area contributed by atoms with Crippen LogP contribution in [0, 0.1) is 0 Å². The predicted molar refractivity (Wildman–Crippen MR) is 121 cm³/mol. The smallest absolute Gasteiger partial charge is 0.251 e. The zero-order valence-corrected chi connectivity index (χ0v) is 17.8. The van der Waals surface area contributed by atoms with Gasteiger partial charge in [-0.1, -0.05) is 47.5 Å². The van der Waals surface area contributed by atoms with Gasteiger partial charge in [0.15, 0.2) is 0 Å². The third-order valence-electron chi connectivity index (χ3n) is 5.70. The van der Waals surface area contributed by atoms with Crippen molar-refractivity contribution in [1.29, 1.82) is 0 Å². The summed E-state index contributed by atoms with van der Waals surface area (Å²) in [5, 5.41) is 4.16. The van der Waals surface area contributed by atoms with Crippen LogP contribution < -0.4 is 10.1 Å². The summed E-state index contributed by atoms with van der Waals surface area (Å²) in [5.41, 5.74) is 5.26. The summed E-state index contributed by atoms with van der Waals surface area (Å²) in [4.78, 5) is 12.4. The second kappa shape index (κ2) is 7.98. The minimum atomic E-state index is -0.0556. The van der Waals surface area contributed by atoms with Crippen molar-refractivity contribution in [3.05, 3.63) is 87.4 Å². The maximum Gasteiger partial charge on any atom is 0.251 e. The fourth-order valence-electron chi connectivity index (χ4n) is 3.93. The highest BCUT2D eigenvalue weighted by Crippen LogP contribution is 2.39. The van der Waals surface area contributed by atoms with Crippen molar-refractivity contribution in [1.82, 2.24) is 5.32 Å². The van der Waals surface area contributed by atoms with Gasteiger partial charge in [-0.2, -0.15) is 0 Å². The highest BCUT2D eigenvalue weighted by Gasteiger charge is 2.26. The van der Waals surface area contributed by atoms with Gasteiger partial charge in [-0.15, -0.1) is 0 Å². The molecule has 0 spiro atoms. The Hall–Kier alpha value is -2.49. The molecule has 2 aliphatic rings. The Labute approximate surface area is 186 Å². The summed E-state index contributed by atoms with van der Waals surface area (Å²) < 4.78 is 6.24. The Morgan fingerprint density at radius 1 is 0.933 bits per heavy atom. The quantitative estimate of drug-likeness (QED) is 0.486. The second-order valence-corrected chi connectivity index (χ2v) is 8.81. The van der Waals surface area contributed by atoms with Crippen LogP contribution in [-0.4, -0.2) is 11.9 Å². The number of fused-ring (bicyclic) bond motifs is 1. The monoisotopic (exact) mass is 437 g/mol. The van der Waals surface area contributed by atoms with Gasteiger partial charge in [0.2, 0.25) is 0 Å². The number of carbonyl (C=O) groups excluding carboxylic acids is 1. The number of ether oxygens (including phenoxy) is 1. The van der Waals surface area contributed by atoms with Crippen molar-refractivity contribution >= 4 is 29.1 Å². The van der Waals surface area contributed by atoms with Crippen LogP contribution in [0.2, 0.25) is 10.0 Å². The van der Waals surface area contributed by atoms with E-state index >= 15 is 0 Å². The lowest BCUT2D eigenvalue weighted by Gasteiger charge is -2.17. The molecule has 0 aromatic heterocycles. The van der Waals surface area contributed by atoms with Gasteiger partial charge in [0.1, 0.15) is 11.9 Å². The number of nitrogens with one attached hydrogen (secondary N) is 1. The second-order valence-electron chi connectivity index (χ2n) is 7.96. The lowest BCUT2D eigenvalue weighted by atomic mass is 9.98. The highest BCUT2D eigenvalue weighted by atomic mass is 35.5. The summed E-state index contributed by atoms with van der Waals surface area (Å²) in [6.07, 6.45) is 3.97. The van der Waals surface area contributed by atoms with E-state index in [1.807, 2.05) is 30.3 Å². The molecule has 0 aliphatic heterocycles. The molecule has 0 bridgehead atoms. The fraction of sp³-hybridized carbons (Fsp3) is 0.240. The van der Waals surface area contributed by atoms with Crippen LogP contribution in [0.15, 0.2) is 60.7 Å². The number of halogens is 2. The van der Waals surface area contributed by atoms with E-state index in [2.05, 4.69) is 23.5 Å². The number of rotatable bonds is 5. The molecular formula is C25H21Cl2NO2. The first-order valence-corrected chi connectivity index (χ1v) is 11.0. The number of aryl methyl sites for hydroxylation is 1. The van der Waals surface area contributed by atoms with Gasteiger partial charge in [-0.05, 0) is 84.3 Å². The van der Waals surface area contributed by atoms with Crippen LogP contribution in [0.5, 0.6) is 5.75 Å². The van der Waals surface area contributed by atoms with E-state index in [9.17, 15) is 4.79 Å². The van der Waals surface area contributed by atoms with E-state index < -0.39 is 0 Å². The number of benzene rings is 3. The van der Waals surface area contributed by atoms with E-state index in [-0.39, 0.29) is 12.0 Å². The van der Waals surface area contributed by atoms with Gasteiger partial charge in [0.05, 0.1) is 5.02 Å². The Morgan fingerprint density at radius 2 is 1.77 bits per heavy atom. The topological polar surface area (TPSA) is 38.3 Å². The Balaban J connectivity index is 1.41. The molecule has 2 aliphatic carbocycles. The molecule has 5 rings (SSSR count). The third kappa shape index (κ3) is 4.05. The van der Waals surface area contributed by atoms with Crippen molar-refractivity contribution in [2.45, 2.75) is 37.8 Å². The Bertz CT molecular complexity index is 1120. The van der Waals surface area contributed by atoms with Crippen LogP contribution >= 0.6 is 23.2 Å². The van der Waals surface area contributed by atoms with Crippen LogP contribution in [0.4, 0.5) is 0 Å². The molecule has 5 heteroatoms. The minimum Gasteiger partial charge on any atom is -0.484 e. The molecule has 1 unspecified atom stereocenters. The lowest BCUT2D eigenvalue weighted by molar-refractivity contribution is 0.0951. The lowest BCUT2D eigenvalue weighted by Crippen LogP contribution is -2.25. The maximum atomic E-state index is 12.4.